The molecule has 0 aliphatic heterocycles. The van der Waals surface area contributed by atoms with Gasteiger partial charge in [0.05, 0.1) is 17.3 Å². The Morgan fingerprint density at radius 2 is 2.09 bits per heavy atom. The molecule has 0 saturated carbocycles. The molecule has 0 atom stereocenters. The van der Waals surface area contributed by atoms with Gasteiger partial charge in [0.25, 0.3) is 0 Å². The maximum Gasteiger partial charge on any atom is 0.411 e. The molecule has 0 aromatic heterocycles. The summed E-state index contributed by atoms with van der Waals surface area (Å²) >= 11 is 6.12. The molecule has 0 spiro atoms. The molecule has 116 valence electrons. The molecule has 0 heterocycles. The topological polar surface area (TPSA) is 50.4 Å². The predicted octanol–water partition coefficient (Wildman–Crippen LogP) is 4.66. The van der Waals surface area contributed by atoms with Gasteiger partial charge in [0.1, 0.15) is 5.82 Å². The lowest BCUT2D eigenvalue weighted by molar-refractivity contribution is 0.168. The first-order chi connectivity index (χ1) is 10.6. The van der Waals surface area contributed by atoms with Crippen molar-refractivity contribution in [2.75, 3.05) is 17.2 Å². The van der Waals surface area contributed by atoms with Crippen LogP contribution in [-0.4, -0.2) is 12.7 Å². The van der Waals surface area contributed by atoms with Crippen molar-refractivity contribution in [1.82, 2.24) is 0 Å². The Balaban J connectivity index is 1.98. The van der Waals surface area contributed by atoms with E-state index in [9.17, 15) is 9.18 Å². The molecule has 0 saturated heterocycles. The molecule has 2 aromatic rings. The minimum absolute atomic E-state index is 0.291. The van der Waals surface area contributed by atoms with Crippen molar-refractivity contribution in [3.8, 4) is 0 Å². The molecule has 2 rings (SSSR count). The molecule has 0 unspecified atom stereocenters. The monoisotopic (exact) mass is 322 g/mol. The Bertz CT molecular complexity index is 664. The summed E-state index contributed by atoms with van der Waals surface area (Å²) in [5.41, 5.74) is 2.07. The summed E-state index contributed by atoms with van der Waals surface area (Å²) in [5, 5.41) is 6.06. The zero-order valence-corrected chi connectivity index (χ0v) is 12.8. The first-order valence-electron chi connectivity index (χ1n) is 6.80. The van der Waals surface area contributed by atoms with E-state index in [-0.39, 0.29) is 5.82 Å². The Labute approximate surface area is 133 Å². The Hall–Kier alpha value is -2.27. The fourth-order valence-electron chi connectivity index (χ4n) is 1.85. The molecule has 4 nitrogen and oxygen atoms in total. The van der Waals surface area contributed by atoms with Crippen molar-refractivity contribution in [2.45, 2.75) is 13.5 Å². The third-order valence-electron chi connectivity index (χ3n) is 2.87. The highest BCUT2D eigenvalue weighted by Gasteiger charge is 2.07. The van der Waals surface area contributed by atoms with Crippen molar-refractivity contribution in [3.63, 3.8) is 0 Å². The number of carbonyl (C=O) groups excluding carboxylic acids is 1. The van der Waals surface area contributed by atoms with Crippen LogP contribution in [0.15, 0.2) is 42.5 Å². The number of rotatable bonds is 5. The predicted molar refractivity (Wildman–Crippen MR) is 85.8 cm³/mol. The number of halogens is 2. The van der Waals surface area contributed by atoms with Crippen molar-refractivity contribution < 1.29 is 13.9 Å². The number of benzene rings is 2. The van der Waals surface area contributed by atoms with E-state index in [1.54, 1.807) is 31.2 Å². The average molecular weight is 323 g/mol. The summed E-state index contributed by atoms with van der Waals surface area (Å²) in [6.45, 7) is 2.50. The van der Waals surface area contributed by atoms with Gasteiger partial charge < -0.3 is 10.1 Å². The van der Waals surface area contributed by atoms with Gasteiger partial charge in [-0.25, -0.2) is 9.18 Å². The second-order valence-electron chi connectivity index (χ2n) is 4.52. The molecular weight excluding hydrogens is 307 g/mol. The van der Waals surface area contributed by atoms with E-state index in [0.29, 0.717) is 29.5 Å². The van der Waals surface area contributed by atoms with Crippen LogP contribution in [0.3, 0.4) is 0 Å². The van der Waals surface area contributed by atoms with E-state index >= 15 is 0 Å². The SMILES string of the molecule is CCOC(=O)Nc1ccc(CNc2cccc(F)c2)cc1Cl. The summed E-state index contributed by atoms with van der Waals surface area (Å²) in [6.07, 6.45) is -0.546. The fourth-order valence-corrected chi connectivity index (χ4v) is 2.10. The Morgan fingerprint density at radius 3 is 2.77 bits per heavy atom. The Kier molecular flexibility index (Phi) is 5.61. The summed E-state index contributed by atoms with van der Waals surface area (Å²) in [7, 11) is 0. The number of carbonyl (C=O) groups is 1. The Morgan fingerprint density at radius 1 is 1.27 bits per heavy atom. The molecule has 22 heavy (non-hydrogen) atoms. The lowest BCUT2D eigenvalue weighted by atomic mass is 10.2. The highest BCUT2D eigenvalue weighted by Crippen LogP contribution is 2.24. The standard InChI is InChI=1S/C16H16ClFN2O2/c1-2-22-16(21)20-15-7-6-11(8-14(15)17)10-19-13-5-3-4-12(18)9-13/h3-9,19H,2,10H2,1H3,(H,20,21). The van der Waals surface area contributed by atoms with Gasteiger partial charge in [-0.2, -0.15) is 0 Å². The second kappa shape index (κ2) is 7.66. The van der Waals surface area contributed by atoms with Crippen LogP contribution >= 0.6 is 11.6 Å². The van der Waals surface area contributed by atoms with Crippen LogP contribution in [0.1, 0.15) is 12.5 Å². The molecule has 0 bridgehead atoms. The van der Waals surface area contributed by atoms with Crippen molar-refractivity contribution in [2.24, 2.45) is 0 Å². The summed E-state index contributed by atoms with van der Waals surface area (Å²) in [4.78, 5) is 11.4. The molecule has 2 N–H and O–H groups in total. The third kappa shape index (κ3) is 4.63. The van der Waals surface area contributed by atoms with Gasteiger partial charge in [0.15, 0.2) is 0 Å². The zero-order valence-electron chi connectivity index (χ0n) is 12.0. The molecule has 0 aliphatic carbocycles. The quantitative estimate of drug-likeness (QED) is 0.841. The van der Waals surface area contributed by atoms with Gasteiger partial charge in [-0.3, -0.25) is 5.32 Å². The smallest absolute Gasteiger partial charge is 0.411 e. The number of amides is 1. The molecular formula is C16H16ClFN2O2. The highest BCUT2D eigenvalue weighted by molar-refractivity contribution is 6.33. The van der Waals surface area contributed by atoms with Gasteiger partial charge in [0.2, 0.25) is 0 Å². The first-order valence-corrected chi connectivity index (χ1v) is 7.18. The van der Waals surface area contributed by atoms with Crippen LogP contribution < -0.4 is 10.6 Å². The average Bonchev–Trinajstić information content (AvgIpc) is 2.48. The van der Waals surface area contributed by atoms with Crippen LogP contribution in [0, 0.1) is 5.82 Å². The van der Waals surface area contributed by atoms with Gasteiger partial charge in [0, 0.05) is 12.2 Å². The normalized spacial score (nSPS) is 10.1. The van der Waals surface area contributed by atoms with E-state index < -0.39 is 6.09 Å². The molecule has 0 radical (unpaired) electrons. The molecule has 6 heteroatoms. The van der Waals surface area contributed by atoms with Crippen molar-refractivity contribution >= 4 is 29.1 Å². The summed E-state index contributed by atoms with van der Waals surface area (Å²) in [6, 6.07) is 11.5. The van der Waals surface area contributed by atoms with E-state index in [1.807, 2.05) is 6.07 Å². The lowest BCUT2D eigenvalue weighted by Crippen LogP contribution is -2.13. The van der Waals surface area contributed by atoms with Gasteiger partial charge in [-0.1, -0.05) is 23.7 Å². The number of ether oxygens (including phenoxy) is 1. The van der Waals surface area contributed by atoms with Gasteiger partial charge >= 0.3 is 6.09 Å². The number of hydrogen-bond acceptors (Lipinski definition) is 3. The lowest BCUT2D eigenvalue weighted by Gasteiger charge is -2.10. The molecule has 0 fully saturated rings. The van der Waals surface area contributed by atoms with Crippen LogP contribution in [0.4, 0.5) is 20.6 Å². The van der Waals surface area contributed by atoms with Crippen LogP contribution in [-0.2, 0) is 11.3 Å². The van der Waals surface area contributed by atoms with Crippen molar-refractivity contribution in [3.05, 3.63) is 58.9 Å². The molecule has 1 amide bonds. The molecule has 2 aromatic carbocycles. The second-order valence-corrected chi connectivity index (χ2v) is 4.93. The first kappa shape index (κ1) is 16.1. The van der Waals surface area contributed by atoms with Crippen LogP contribution in [0.5, 0.6) is 0 Å². The maximum absolute atomic E-state index is 13.1. The summed E-state index contributed by atoms with van der Waals surface area (Å²) < 4.78 is 17.9. The zero-order chi connectivity index (χ0) is 15.9. The minimum atomic E-state index is -0.546. The minimum Gasteiger partial charge on any atom is -0.450 e. The number of anilines is 2. The van der Waals surface area contributed by atoms with Crippen molar-refractivity contribution in [1.29, 1.82) is 0 Å². The fraction of sp³-hybridized carbons (Fsp3) is 0.188. The van der Waals surface area contributed by atoms with Gasteiger partial charge in [-0.05, 0) is 42.8 Å². The van der Waals surface area contributed by atoms with Crippen LogP contribution in [0.25, 0.3) is 0 Å². The van der Waals surface area contributed by atoms with E-state index in [0.717, 1.165) is 5.56 Å². The number of nitrogens with one attached hydrogen (secondary N) is 2. The van der Waals surface area contributed by atoms with E-state index in [2.05, 4.69) is 10.6 Å². The molecule has 0 aliphatic rings. The van der Waals surface area contributed by atoms with E-state index in [1.165, 1.54) is 12.1 Å². The van der Waals surface area contributed by atoms with Gasteiger partial charge in [-0.15, -0.1) is 0 Å². The summed E-state index contributed by atoms with van der Waals surface area (Å²) in [5.74, 6) is -0.294. The number of hydrogen-bond donors (Lipinski definition) is 2. The third-order valence-corrected chi connectivity index (χ3v) is 3.18. The van der Waals surface area contributed by atoms with Crippen LogP contribution in [0.2, 0.25) is 5.02 Å². The maximum atomic E-state index is 13.1. The van der Waals surface area contributed by atoms with E-state index in [4.69, 9.17) is 16.3 Å². The highest BCUT2D eigenvalue weighted by atomic mass is 35.5. The largest absolute Gasteiger partial charge is 0.450 e.